The number of amides is 1. The number of hydrogen-bond donors (Lipinski definition) is 2. The second-order valence-corrected chi connectivity index (χ2v) is 4.87. The fourth-order valence-electron chi connectivity index (χ4n) is 2.38. The molecule has 1 unspecified atom stereocenters. The van der Waals surface area contributed by atoms with Crippen molar-refractivity contribution < 1.29 is 4.79 Å². The maximum Gasteiger partial charge on any atom is 0.248 e. The molecule has 1 aliphatic carbocycles. The number of thiocarbonyl (C=S) groups is 1. The summed E-state index contributed by atoms with van der Waals surface area (Å²) in [4.78, 5) is 11.5. The number of nitrogens with one attached hydrogen (secondary N) is 2. The Hall–Kier alpha value is -0.640. The molecular weight excluding hydrogens is 196 g/mol. The SMILES string of the molecule is CC1CCC(C2NC(=S)NC2=O)CC1. The first-order valence-electron chi connectivity index (χ1n) is 5.28. The zero-order chi connectivity index (χ0) is 10.1. The minimum absolute atomic E-state index is 0.0602. The fourth-order valence-corrected chi connectivity index (χ4v) is 2.61. The summed E-state index contributed by atoms with van der Waals surface area (Å²) in [6, 6.07) is -0.0602. The molecule has 78 valence electrons. The van der Waals surface area contributed by atoms with Gasteiger partial charge in [-0.1, -0.05) is 19.8 Å². The average molecular weight is 212 g/mol. The minimum Gasteiger partial charge on any atom is -0.350 e. The minimum atomic E-state index is -0.0602. The van der Waals surface area contributed by atoms with Crippen LogP contribution in [0, 0.1) is 11.8 Å². The molecule has 3 nitrogen and oxygen atoms in total. The highest BCUT2D eigenvalue weighted by molar-refractivity contribution is 7.80. The van der Waals surface area contributed by atoms with E-state index in [9.17, 15) is 4.79 Å². The first-order chi connectivity index (χ1) is 6.66. The monoisotopic (exact) mass is 212 g/mol. The summed E-state index contributed by atoms with van der Waals surface area (Å²) >= 11 is 4.92. The molecule has 14 heavy (non-hydrogen) atoms. The second kappa shape index (κ2) is 3.85. The molecule has 1 aliphatic heterocycles. The molecule has 1 heterocycles. The average Bonchev–Trinajstić information content (AvgIpc) is 2.47. The van der Waals surface area contributed by atoms with E-state index in [4.69, 9.17) is 12.2 Å². The number of carbonyl (C=O) groups excluding carboxylic acids is 1. The highest BCUT2D eigenvalue weighted by Crippen LogP contribution is 2.31. The lowest BCUT2D eigenvalue weighted by molar-refractivity contribution is -0.121. The molecule has 0 radical (unpaired) electrons. The maximum atomic E-state index is 11.5. The topological polar surface area (TPSA) is 41.1 Å². The molecule has 1 saturated carbocycles. The van der Waals surface area contributed by atoms with E-state index in [1.165, 1.54) is 12.8 Å². The van der Waals surface area contributed by atoms with Gasteiger partial charge >= 0.3 is 0 Å². The molecule has 1 atom stereocenters. The van der Waals surface area contributed by atoms with Gasteiger partial charge in [0.1, 0.15) is 6.04 Å². The lowest BCUT2D eigenvalue weighted by atomic mass is 9.79. The molecule has 2 aliphatic rings. The van der Waals surface area contributed by atoms with Crippen LogP contribution < -0.4 is 10.6 Å². The summed E-state index contributed by atoms with van der Waals surface area (Å²) < 4.78 is 0. The predicted molar refractivity (Wildman–Crippen MR) is 58.8 cm³/mol. The first kappa shape index (κ1) is 9.90. The highest BCUT2D eigenvalue weighted by atomic mass is 32.1. The number of carbonyl (C=O) groups is 1. The molecule has 0 spiro atoms. The van der Waals surface area contributed by atoms with E-state index in [1.807, 2.05) is 0 Å². The van der Waals surface area contributed by atoms with Gasteiger partial charge in [-0.05, 0) is 36.9 Å². The van der Waals surface area contributed by atoms with Crippen molar-refractivity contribution in [2.45, 2.75) is 38.6 Å². The van der Waals surface area contributed by atoms with E-state index in [0.717, 1.165) is 18.8 Å². The third kappa shape index (κ3) is 1.90. The molecule has 0 aromatic carbocycles. The zero-order valence-corrected chi connectivity index (χ0v) is 9.19. The van der Waals surface area contributed by atoms with Crippen LogP contribution in [0.4, 0.5) is 0 Å². The molecule has 1 amide bonds. The van der Waals surface area contributed by atoms with Crippen LogP contribution in [-0.2, 0) is 4.79 Å². The van der Waals surface area contributed by atoms with E-state index in [2.05, 4.69) is 17.6 Å². The van der Waals surface area contributed by atoms with Crippen molar-refractivity contribution in [3.05, 3.63) is 0 Å². The summed E-state index contributed by atoms with van der Waals surface area (Å²) in [6.07, 6.45) is 4.77. The van der Waals surface area contributed by atoms with Crippen molar-refractivity contribution >= 4 is 23.2 Å². The van der Waals surface area contributed by atoms with Gasteiger partial charge in [0.15, 0.2) is 5.11 Å². The Labute approximate surface area is 89.6 Å². The standard InChI is InChI=1S/C10H16N2OS/c1-6-2-4-7(5-3-6)8-9(13)12-10(14)11-8/h6-8H,2-5H2,1H3,(H2,11,12,13,14). The summed E-state index contributed by atoms with van der Waals surface area (Å²) in [5, 5.41) is 6.21. The van der Waals surface area contributed by atoms with E-state index in [-0.39, 0.29) is 11.9 Å². The summed E-state index contributed by atoms with van der Waals surface area (Å²) in [7, 11) is 0. The Kier molecular flexibility index (Phi) is 2.72. The Morgan fingerprint density at radius 3 is 2.43 bits per heavy atom. The van der Waals surface area contributed by atoms with Gasteiger partial charge in [0.25, 0.3) is 0 Å². The van der Waals surface area contributed by atoms with Crippen LogP contribution in [0.5, 0.6) is 0 Å². The van der Waals surface area contributed by atoms with Crippen molar-refractivity contribution in [1.29, 1.82) is 0 Å². The normalized spacial score (nSPS) is 37.9. The molecule has 1 saturated heterocycles. The van der Waals surface area contributed by atoms with Crippen molar-refractivity contribution in [1.82, 2.24) is 10.6 Å². The predicted octanol–water partition coefficient (Wildman–Crippen LogP) is 1.19. The van der Waals surface area contributed by atoms with Gasteiger partial charge in [-0.25, -0.2) is 0 Å². The second-order valence-electron chi connectivity index (χ2n) is 4.46. The van der Waals surface area contributed by atoms with Gasteiger partial charge < -0.3 is 10.6 Å². The van der Waals surface area contributed by atoms with Gasteiger partial charge in [-0.15, -0.1) is 0 Å². The van der Waals surface area contributed by atoms with Gasteiger partial charge in [0.05, 0.1) is 0 Å². The van der Waals surface area contributed by atoms with E-state index in [1.54, 1.807) is 0 Å². The van der Waals surface area contributed by atoms with Crippen molar-refractivity contribution in [2.75, 3.05) is 0 Å². The Morgan fingerprint density at radius 2 is 1.93 bits per heavy atom. The van der Waals surface area contributed by atoms with E-state index < -0.39 is 0 Å². The van der Waals surface area contributed by atoms with Gasteiger partial charge in [-0.3, -0.25) is 4.79 Å². The molecule has 2 rings (SSSR count). The molecule has 4 heteroatoms. The zero-order valence-electron chi connectivity index (χ0n) is 8.38. The smallest absolute Gasteiger partial charge is 0.248 e. The van der Waals surface area contributed by atoms with Crippen LogP contribution in [0.25, 0.3) is 0 Å². The maximum absolute atomic E-state index is 11.5. The third-order valence-corrected chi connectivity index (χ3v) is 3.56. The quantitative estimate of drug-likeness (QED) is 0.641. The lowest BCUT2D eigenvalue weighted by Gasteiger charge is -2.29. The van der Waals surface area contributed by atoms with Crippen LogP contribution >= 0.6 is 12.2 Å². The molecule has 2 N–H and O–H groups in total. The van der Waals surface area contributed by atoms with Crippen LogP contribution in [0.2, 0.25) is 0 Å². The largest absolute Gasteiger partial charge is 0.350 e. The van der Waals surface area contributed by atoms with Crippen LogP contribution in [0.1, 0.15) is 32.6 Å². The Balaban J connectivity index is 1.95. The van der Waals surface area contributed by atoms with Gasteiger partial charge in [0.2, 0.25) is 5.91 Å². The first-order valence-corrected chi connectivity index (χ1v) is 5.69. The van der Waals surface area contributed by atoms with Crippen LogP contribution in [0.3, 0.4) is 0 Å². The fraction of sp³-hybridized carbons (Fsp3) is 0.800. The van der Waals surface area contributed by atoms with E-state index >= 15 is 0 Å². The number of hydrogen-bond acceptors (Lipinski definition) is 2. The van der Waals surface area contributed by atoms with Crippen LogP contribution in [-0.4, -0.2) is 17.1 Å². The Bertz CT molecular complexity index is 259. The molecule has 0 aromatic rings. The Morgan fingerprint density at radius 1 is 1.29 bits per heavy atom. The van der Waals surface area contributed by atoms with Crippen LogP contribution in [0.15, 0.2) is 0 Å². The summed E-state index contributed by atoms with van der Waals surface area (Å²) in [6.45, 7) is 2.28. The van der Waals surface area contributed by atoms with Crippen molar-refractivity contribution in [3.8, 4) is 0 Å². The number of rotatable bonds is 1. The molecule has 0 bridgehead atoms. The molecule has 0 aromatic heterocycles. The summed E-state index contributed by atoms with van der Waals surface area (Å²) in [5.41, 5.74) is 0. The molecule has 2 fully saturated rings. The lowest BCUT2D eigenvalue weighted by Crippen LogP contribution is -2.38. The van der Waals surface area contributed by atoms with E-state index in [0.29, 0.717) is 11.0 Å². The van der Waals surface area contributed by atoms with Gasteiger partial charge in [0, 0.05) is 0 Å². The molecular formula is C10H16N2OS. The van der Waals surface area contributed by atoms with Crippen molar-refractivity contribution in [2.24, 2.45) is 11.8 Å². The third-order valence-electron chi connectivity index (χ3n) is 3.34. The van der Waals surface area contributed by atoms with Gasteiger partial charge in [-0.2, -0.15) is 0 Å². The van der Waals surface area contributed by atoms with Crippen molar-refractivity contribution in [3.63, 3.8) is 0 Å². The summed E-state index contributed by atoms with van der Waals surface area (Å²) in [5.74, 6) is 1.36. The highest BCUT2D eigenvalue weighted by Gasteiger charge is 2.35.